The number of ether oxygens (including phenoxy) is 3. The summed E-state index contributed by atoms with van der Waals surface area (Å²) in [6.07, 6.45) is 0.0686. The molecule has 154 valence electrons. The molecule has 1 aliphatic rings. The van der Waals surface area contributed by atoms with E-state index in [1.807, 2.05) is 26.0 Å². The number of rotatable bonds is 8. The molecule has 2 aromatic carbocycles. The average molecular weight is 398 g/mol. The fraction of sp³-hybridized carbons (Fsp3) is 0.364. The summed E-state index contributed by atoms with van der Waals surface area (Å²) in [5, 5.41) is 2.82. The van der Waals surface area contributed by atoms with Gasteiger partial charge in [-0.1, -0.05) is 19.1 Å². The molecule has 0 saturated heterocycles. The van der Waals surface area contributed by atoms with Crippen LogP contribution in [0.3, 0.4) is 0 Å². The van der Waals surface area contributed by atoms with Crippen molar-refractivity contribution in [1.82, 2.24) is 5.32 Å². The molecule has 7 heteroatoms. The lowest BCUT2D eigenvalue weighted by Crippen LogP contribution is -2.51. The molecule has 0 spiro atoms. The molecule has 0 saturated carbocycles. The van der Waals surface area contributed by atoms with Crippen molar-refractivity contribution < 1.29 is 23.8 Å². The van der Waals surface area contributed by atoms with Gasteiger partial charge in [-0.25, -0.2) is 0 Å². The summed E-state index contributed by atoms with van der Waals surface area (Å²) in [6.45, 7) is 5.03. The van der Waals surface area contributed by atoms with E-state index in [-0.39, 0.29) is 25.0 Å². The number of carbonyl (C=O) groups excluding carboxylic acids is 2. The van der Waals surface area contributed by atoms with Gasteiger partial charge in [0, 0.05) is 6.54 Å². The highest BCUT2D eigenvalue weighted by molar-refractivity contribution is 5.98. The summed E-state index contributed by atoms with van der Waals surface area (Å²) in [4.78, 5) is 26.8. The van der Waals surface area contributed by atoms with Crippen LogP contribution in [0, 0.1) is 0 Å². The zero-order valence-corrected chi connectivity index (χ0v) is 16.7. The predicted octanol–water partition coefficient (Wildman–Crippen LogP) is 2.78. The Morgan fingerprint density at radius 3 is 2.45 bits per heavy atom. The minimum atomic E-state index is -0.758. The molecular formula is C22H26N2O5. The Hall–Kier alpha value is -3.22. The molecule has 1 aliphatic heterocycles. The first-order valence-corrected chi connectivity index (χ1v) is 9.81. The van der Waals surface area contributed by atoms with Gasteiger partial charge < -0.3 is 24.4 Å². The molecule has 2 aromatic rings. The van der Waals surface area contributed by atoms with E-state index in [2.05, 4.69) is 5.32 Å². The molecule has 0 aliphatic carbocycles. The third-order valence-electron chi connectivity index (χ3n) is 4.41. The lowest BCUT2D eigenvalue weighted by molar-refractivity contribution is -0.128. The average Bonchev–Trinajstić information content (AvgIpc) is 2.76. The van der Waals surface area contributed by atoms with E-state index in [0.29, 0.717) is 30.3 Å². The van der Waals surface area contributed by atoms with Gasteiger partial charge in [0.2, 0.25) is 0 Å². The molecule has 0 bridgehead atoms. The van der Waals surface area contributed by atoms with E-state index in [1.54, 1.807) is 41.3 Å². The van der Waals surface area contributed by atoms with Crippen LogP contribution in [0.5, 0.6) is 17.2 Å². The van der Waals surface area contributed by atoms with E-state index in [9.17, 15) is 9.59 Å². The SMILES string of the molecule is CCCNC(=O)[C@H]1CN(C(=O)COc2ccc(OCC)cc2)c2ccccc2O1. The maximum Gasteiger partial charge on any atom is 0.265 e. The van der Waals surface area contributed by atoms with Gasteiger partial charge in [-0.05, 0) is 49.7 Å². The molecule has 29 heavy (non-hydrogen) atoms. The molecule has 0 unspecified atom stereocenters. The van der Waals surface area contributed by atoms with Gasteiger partial charge in [-0.2, -0.15) is 0 Å². The molecule has 7 nitrogen and oxygen atoms in total. The first kappa shape index (κ1) is 20.5. The monoisotopic (exact) mass is 398 g/mol. The van der Waals surface area contributed by atoms with Crippen molar-refractivity contribution >= 4 is 17.5 Å². The molecule has 0 fully saturated rings. The Labute approximate surface area is 170 Å². The summed E-state index contributed by atoms with van der Waals surface area (Å²) >= 11 is 0. The Kier molecular flexibility index (Phi) is 6.94. The minimum absolute atomic E-state index is 0.137. The Bertz CT molecular complexity index is 837. The molecule has 0 radical (unpaired) electrons. The second-order valence-corrected chi connectivity index (χ2v) is 6.56. The van der Waals surface area contributed by atoms with E-state index in [0.717, 1.165) is 12.2 Å². The highest BCUT2D eigenvalue weighted by Crippen LogP contribution is 2.33. The van der Waals surface area contributed by atoms with Gasteiger partial charge >= 0.3 is 0 Å². The summed E-state index contributed by atoms with van der Waals surface area (Å²) in [7, 11) is 0. The van der Waals surface area contributed by atoms with Crippen LogP contribution in [0.15, 0.2) is 48.5 Å². The first-order valence-electron chi connectivity index (χ1n) is 9.81. The van der Waals surface area contributed by atoms with E-state index >= 15 is 0 Å². The van der Waals surface area contributed by atoms with Crippen LogP contribution in [0.1, 0.15) is 20.3 Å². The molecule has 1 heterocycles. The van der Waals surface area contributed by atoms with Gasteiger partial charge in [0.25, 0.3) is 11.8 Å². The number of hydrogen-bond acceptors (Lipinski definition) is 5. The topological polar surface area (TPSA) is 77.1 Å². The highest BCUT2D eigenvalue weighted by atomic mass is 16.5. The van der Waals surface area contributed by atoms with Crippen LogP contribution in [0.25, 0.3) is 0 Å². The van der Waals surface area contributed by atoms with Gasteiger partial charge in [-0.15, -0.1) is 0 Å². The third-order valence-corrected chi connectivity index (χ3v) is 4.41. The zero-order valence-electron chi connectivity index (χ0n) is 16.7. The van der Waals surface area contributed by atoms with Gasteiger partial charge in [-0.3, -0.25) is 9.59 Å². The third kappa shape index (κ3) is 5.19. The predicted molar refractivity (Wildman–Crippen MR) is 110 cm³/mol. The van der Waals surface area contributed by atoms with Crippen LogP contribution in [-0.4, -0.2) is 44.2 Å². The van der Waals surface area contributed by atoms with Crippen molar-refractivity contribution in [1.29, 1.82) is 0 Å². The lowest BCUT2D eigenvalue weighted by Gasteiger charge is -2.34. The van der Waals surface area contributed by atoms with E-state index < -0.39 is 6.10 Å². The highest BCUT2D eigenvalue weighted by Gasteiger charge is 2.33. The Morgan fingerprint density at radius 2 is 1.76 bits per heavy atom. The largest absolute Gasteiger partial charge is 0.494 e. The van der Waals surface area contributed by atoms with E-state index in [4.69, 9.17) is 14.2 Å². The number of amides is 2. The normalized spacial score (nSPS) is 15.1. The van der Waals surface area contributed by atoms with Crippen molar-refractivity contribution in [3.8, 4) is 17.2 Å². The van der Waals surface area contributed by atoms with Crippen LogP contribution in [0.4, 0.5) is 5.69 Å². The standard InChI is InChI=1S/C22H26N2O5/c1-3-13-23-22(26)20-14-24(18-7-5-6-8-19(18)29-20)21(25)15-28-17-11-9-16(10-12-17)27-4-2/h5-12,20H,3-4,13-15H2,1-2H3,(H,23,26)/t20-/m1/s1. The van der Waals surface area contributed by atoms with Crippen molar-refractivity contribution in [3.63, 3.8) is 0 Å². The number of para-hydroxylation sites is 2. The van der Waals surface area contributed by atoms with Gasteiger partial charge in [0.15, 0.2) is 12.7 Å². The van der Waals surface area contributed by atoms with Gasteiger partial charge in [0.1, 0.15) is 17.2 Å². The summed E-state index contributed by atoms with van der Waals surface area (Å²) in [5.41, 5.74) is 0.632. The number of nitrogens with one attached hydrogen (secondary N) is 1. The van der Waals surface area contributed by atoms with Crippen LogP contribution < -0.4 is 24.4 Å². The Balaban J connectivity index is 1.68. The van der Waals surface area contributed by atoms with Crippen LogP contribution in [-0.2, 0) is 9.59 Å². The second-order valence-electron chi connectivity index (χ2n) is 6.56. The molecule has 3 rings (SSSR count). The maximum atomic E-state index is 12.9. The van der Waals surface area contributed by atoms with Gasteiger partial charge in [0.05, 0.1) is 18.8 Å². The lowest BCUT2D eigenvalue weighted by atomic mass is 10.1. The van der Waals surface area contributed by atoms with E-state index in [1.165, 1.54) is 0 Å². The number of carbonyl (C=O) groups is 2. The second kappa shape index (κ2) is 9.82. The molecular weight excluding hydrogens is 372 g/mol. The quantitative estimate of drug-likeness (QED) is 0.740. The number of nitrogens with zero attached hydrogens (tertiary/aromatic N) is 1. The molecule has 2 amide bonds. The zero-order chi connectivity index (χ0) is 20.6. The van der Waals surface area contributed by atoms with Crippen LogP contribution in [0.2, 0.25) is 0 Å². The molecule has 1 N–H and O–H groups in total. The number of hydrogen-bond donors (Lipinski definition) is 1. The number of fused-ring (bicyclic) bond motifs is 1. The Morgan fingerprint density at radius 1 is 1.07 bits per heavy atom. The van der Waals surface area contributed by atoms with Crippen molar-refractivity contribution in [3.05, 3.63) is 48.5 Å². The first-order chi connectivity index (χ1) is 14.1. The smallest absolute Gasteiger partial charge is 0.265 e. The minimum Gasteiger partial charge on any atom is -0.494 e. The fourth-order valence-corrected chi connectivity index (χ4v) is 2.99. The fourth-order valence-electron chi connectivity index (χ4n) is 2.99. The van der Waals surface area contributed by atoms with Crippen molar-refractivity contribution in [2.24, 2.45) is 0 Å². The summed E-state index contributed by atoms with van der Waals surface area (Å²) < 4.78 is 16.9. The number of benzene rings is 2. The number of anilines is 1. The molecule has 0 aromatic heterocycles. The van der Waals surface area contributed by atoms with Crippen molar-refractivity contribution in [2.75, 3.05) is 31.2 Å². The summed E-state index contributed by atoms with van der Waals surface area (Å²) in [5.74, 6) is 1.34. The van der Waals surface area contributed by atoms with Crippen molar-refractivity contribution in [2.45, 2.75) is 26.4 Å². The maximum absolute atomic E-state index is 12.9. The molecule has 1 atom stereocenters. The van der Waals surface area contributed by atoms with Crippen LogP contribution >= 0.6 is 0 Å². The summed E-state index contributed by atoms with van der Waals surface area (Å²) in [6, 6.07) is 14.3.